The molecule has 0 aliphatic heterocycles. The number of aromatic amines is 1. The highest BCUT2D eigenvalue weighted by atomic mass is 32.2. The van der Waals surface area contributed by atoms with Crippen LogP contribution in [0.2, 0.25) is 0 Å². The number of ether oxygens (including phenoxy) is 1. The molecule has 0 aliphatic rings. The summed E-state index contributed by atoms with van der Waals surface area (Å²) in [6.07, 6.45) is 0.472. The fourth-order valence-electron chi connectivity index (χ4n) is 3.80. The number of sulfone groups is 1. The van der Waals surface area contributed by atoms with Gasteiger partial charge in [-0.3, -0.25) is 0 Å². The average Bonchev–Trinajstić information content (AvgIpc) is 3.02. The molecule has 0 fully saturated rings. The van der Waals surface area contributed by atoms with E-state index in [-0.39, 0.29) is 5.75 Å². The largest absolute Gasteiger partial charge is 0.493 e. The molecule has 1 heterocycles. The predicted molar refractivity (Wildman–Crippen MR) is 114 cm³/mol. The molecule has 4 nitrogen and oxygen atoms in total. The van der Waals surface area contributed by atoms with Crippen molar-refractivity contribution in [2.24, 2.45) is 0 Å². The molecule has 4 rings (SSSR count). The Hall–Kier alpha value is -2.79. The summed E-state index contributed by atoms with van der Waals surface area (Å²) in [6, 6.07) is 19.0. The topological polar surface area (TPSA) is 59.2 Å². The Morgan fingerprint density at radius 1 is 0.893 bits per heavy atom. The zero-order chi connectivity index (χ0) is 19.7. The van der Waals surface area contributed by atoms with Crippen molar-refractivity contribution in [3.8, 4) is 5.75 Å². The van der Waals surface area contributed by atoms with Crippen LogP contribution < -0.4 is 4.74 Å². The molecule has 0 radical (unpaired) electrons. The number of rotatable bonds is 6. The van der Waals surface area contributed by atoms with Crippen LogP contribution in [0.5, 0.6) is 5.75 Å². The van der Waals surface area contributed by atoms with Gasteiger partial charge in [-0.2, -0.15) is 0 Å². The van der Waals surface area contributed by atoms with Crippen molar-refractivity contribution in [1.82, 2.24) is 4.98 Å². The van der Waals surface area contributed by atoms with Crippen LogP contribution in [0.3, 0.4) is 0 Å². The first-order valence-electron chi connectivity index (χ1n) is 9.44. The lowest BCUT2D eigenvalue weighted by molar-refractivity contribution is 0.344. The van der Waals surface area contributed by atoms with Crippen LogP contribution in [0, 0.1) is 6.92 Å². The van der Waals surface area contributed by atoms with Gasteiger partial charge in [0.1, 0.15) is 5.75 Å². The van der Waals surface area contributed by atoms with E-state index in [9.17, 15) is 8.42 Å². The summed E-state index contributed by atoms with van der Waals surface area (Å²) in [4.78, 5) is 3.71. The first-order chi connectivity index (χ1) is 13.5. The van der Waals surface area contributed by atoms with E-state index in [1.165, 1.54) is 0 Å². The lowest BCUT2D eigenvalue weighted by Crippen LogP contribution is -2.10. The van der Waals surface area contributed by atoms with Crippen LogP contribution in [-0.2, 0) is 16.3 Å². The van der Waals surface area contributed by atoms with Gasteiger partial charge in [-0.05, 0) is 44.0 Å². The van der Waals surface area contributed by atoms with Crippen LogP contribution in [-0.4, -0.2) is 25.8 Å². The lowest BCUT2D eigenvalue weighted by atomic mass is 10.1. The van der Waals surface area contributed by atoms with Crippen LogP contribution in [0.4, 0.5) is 0 Å². The quantitative estimate of drug-likeness (QED) is 0.499. The van der Waals surface area contributed by atoms with Gasteiger partial charge in [0.15, 0.2) is 9.84 Å². The highest BCUT2D eigenvalue weighted by Crippen LogP contribution is 2.32. The fraction of sp³-hybridized carbons (Fsp3) is 0.217. The number of hydrogen-bond donors (Lipinski definition) is 1. The van der Waals surface area contributed by atoms with Crippen LogP contribution in [0.15, 0.2) is 65.6 Å². The van der Waals surface area contributed by atoms with E-state index in [1.54, 1.807) is 12.1 Å². The van der Waals surface area contributed by atoms with E-state index in [0.29, 0.717) is 29.1 Å². The molecule has 0 unspecified atom stereocenters. The molecule has 3 aromatic carbocycles. The summed E-state index contributed by atoms with van der Waals surface area (Å²) in [7, 11) is -3.45. The second kappa shape index (κ2) is 7.32. The van der Waals surface area contributed by atoms with E-state index in [4.69, 9.17) is 4.74 Å². The van der Waals surface area contributed by atoms with Crippen LogP contribution in [0.1, 0.15) is 18.2 Å². The van der Waals surface area contributed by atoms with Gasteiger partial charge < -0.3 is 9.72 Å². The highest BCUT2D eigenvalue weighted by molar-refractivity contribution is 7.91. The van der Waals surface area contributed by atoms with E-state index in [1.807, 2.05) is 62.4 Å². The van der Waals surface area contributed by atoms with Gasteiger partial charge in [0.05, 0.1) is 17.3 Å². The molecule has 0 aliphatic carbocycles. The number of aromatic nitrogens is 1. The summed E-state index contributed by atoms with van der Waals surface area (Å²) in [5.41, 5.74) is 3.13. The van der Waals surface area contributed by atoms with Crippen molar-refractivity contribution in [2.45, 2.75) is 25.2 Å². The first kappa shape index (κ1) is 18.6. The number of aryl methyl sites for hydroxylation is 2. The SMILES string of the molecule is CCOc1ccc(S(=O)(=O)CCc2c(C)[nH]c3ccccc23)c2ccccc12. The molecule has 1 N–H and O–H groups in total. The minimum Gasteiger partial charge on any atom is -0.493 e. The number of H-pyrrole nitrogens is 1. The molecule has 0 saturated heterocycles. The van der Waals surface area contributed by atoms with Gasteiger partial charge in [-0.15, -0.1) is 0 Å². The molecule has 0 atom stereocenters. The third kappa shape index (κ3) is 3.27. The minimum atomic E-state index is -3.45. The van der Waals surface area contributed by atoms with Crippen molar-refractivity contribution < 1.29 is 13.2 Å². The highest BCUT2D eigenvalue weighted by Gasteiger charge is 2.20. The van der Waals surface area contributed by atoms with E-state index in [2.05, 4.69) is 4.98 Å². The molecule has 0 bridgehead atoms. The molecule has 5 heteroatoms. The van der Waals surface area contributed by atoms with Crippen molar-refractivity contribution in [3.05, 3.63) is 71.9 Å². The van der Waals surface area contributed by atoms with Crippen LogP contribution in [0.25, 0.3) is 21.7 Å². The smallest absolute Gasteiger partial charge is 0.179 e. The Kier molecular flexibility index (Phi) is 4.85. The molecule has 0 saturated carbocycles. The molecule has 1 aromatic heterocycles. The third-order valence-corrected chi connectivity index (χ3v) is 6.89. The van der Waals surface area contributed by atoms with Crippen molar-refractivity contribution in [1.29, 1.82) is 0 Å². The molecule has 0 amide bonds. The molecule has 4 aromatic rings. The second-order valence-electron chi connectivity index (χ2n) is 6.88. The Balaban J connectivity index is 1.71. The summed E-state index contributed by atoms with van der Waals surface area (Å²) in [5, 5.41) is 2.63. The zero-order valence-corrected chi connectivity index (χ0v) is 16.8. The molecule has 0 spiro atoms. The maximum absolute atomic E-state index is 13.2. The fourth-order valence-corrected chi connectivity index (χ4v) is 5.28. The van der Waals surface area contributed by atoms with E-state index in [0.717, 1.165) is 27.5 Å². The van der Waals surface area contributed by atoms with Gasteiger partial charge in [-0.25, -0.2) is 8.42 Å². The monoisotopic (exact) mass is 393 g/mol. The number of fused-ring (bicyclic) bond motifs is 2. The molecular formula is C23H23NO3S. The zero-order valence-electron chi connectivity index (χ0n) is 16.0. The maximum Gasteiger partial charge on any atom is 0.179 e. The Morgan fingerprint density at radius 2 is 1.57 bits per heavy atom. The second-order valence-corrected chi connectivity index (χ2v) is 8.96. The molecule has 28 heavy (non-hydrogen) atoms. The Bertz CT molecular complexity index is 1260. The van der Waals surface area contributed by atoms with Crippen molar-refractivity contribution in [3.63, 3.8) is 0 Å². The summed E-state index contributed by atoms with van der Waals surface area (Å²) in [5.74, 6) is 0.776. The normalized spacial score (nSPS) is 11.9. The molecule has 144 valence electrons. The van der Waals surface area contributed by atoms with Crippen molar-refractivity contribution in [2.75, 3.05) is 12.4 Å². The van der Waals surface area contributed by atoms with Gasteiger partial charge >= 0.3 is 0 Å². The van der Waals surface area contributed by atoms with Crippen molar-refractivity contribution >= 4 is 31.5 Å². The van der Waals surface area contributed by atoms with Gasteiger partial charge in [0, 0.05) is 27.4 Å². The Morgan fingerprint density at radius 3 is 2.32 bits per heavy atom. The number of nitrogens with one attached hydrogen (secondary N) is 1. The average molecular weight is 394 g/mol. The number of hydrogen-bond acceptors (Lipinski definition) is 3. The standard InChI is InChI=1S/C23H23NO3S/c1-3-27-22-12-13-23(20-10-5-4-9-19(20)22)28(25,26)15-14-17-16(2)24-21-11-7-6-8-18(17)21/h4-13,24H,3,14-15H2,1-2H3. The maximum atomic E-state index is 13.2. The lowest BCUT2D eigenvalue weighted by Gasteiger charge is -2.12. The van der Waals surface area contributed by atoms with E-state index < -0.39 is 9.84 Å². The minimum absolute atomic E-state index is 0.0632. The Labute approximate surface area is 165 Å². The summed E-state index contributed by atoms with van der Waals surface area (Å²) >= 11 is 0. The number of benzene rings is 3. The van der Waals surface area contributed by atoms with E-state index >= 15 is 0 Å². The third-order valence-electron chi connectivity index (χ3n) is 5.13. The summed E-state index contributed by atoms with van der Waals surface area (Å²) in [6.45, 7) is 4.45. The predicted octanol–water partition coefficient (Wildman–Crippen LogP) is 5.04. The number of para-hydroxylation sites is 1. The summed E-state index contributed by atoms with van der Waals surface area (Å²) < 4.78 is 32.1. The van der Waals surface area contributed by atoms with Gasteiger partial charge in [0.25, 0.3) is 0 Å². The van der Waals surface area contributed by atoms with Gasteiger partial charge in [0.2, 0.25) is 0 Å². The van der Waals surface area contributed by atoms with Gasteiger partial charge in [-0.1, -0.05) is 42.5 Å². The van der Waals surface area contributed by atoms with Crippen LogP contribution >= 0.6 is 0 Å². The molecular weight excluding hydrogens is 370 g/mol. The first-order valence-corrected chi connectivity index (χ1v) is 11.1.